The van der Waals surface area contributed by atoms with Gasteiger partial charge in [-0.3, -0.25) is 9.59 Å². The van der Waals surface area contributed by atoms with Gasteiger partial charge in [-0.25, -0.2) is 0 Å². The van der Waals surface area contributed by atoms with Gasteiger partial charge in [0.25, 0.3) is 5.91 Å². The van der Waals surface area contributed by atoms with Crippen LogP contribution in [-0.2, 0) is 9.53 Å². The number of rotatable bonds is 4. The molecule has 1 aliphatic heterocycles. The summed E-state index contributed by atoms with van der Waals surface area (Å²) < 4.78 is 16.9. The third kappa shape index (κ3) is 4.10. The molecule has 0 bridgehead atoms. The van der Waals surface area contributed by atoms with Crippen LogP contribution >= 0.6 is 23.2 Å². The zero-order valence-corrected chi connectivity index (χ0v) is 16.8. The normalized spacial score (nSPS) is 14.2. The Balaban J connectivity index is 1.77. The minimum atomic E-state index is -0.440. The maximum absolute atomic E-state index is 13.2. The molecular formula is C21H17Cl2NO5. The number of halogens is 2. The Morgan fingerprint density at radius 3 is 2.55 bits per heavy atom. The average Bonchev–Trinajstić information content (AvgIpc) is 2.74. The smallest absolute Gasteiger partial charge is 0.260 e. The maximum atomic E-state index is 13.2. The molecule has 0 saturated carbocycles. The lowest BCUT2D eigenvalue weighted by Gasteiger charge is -2.26. The Bertz CT molecular complexity index is 1110. The second-order valence-corrected chi connectivity index (χ2v) is 7.35. The highest BCUT2D eigenvalue weighted by Gasteiger charge is 2.22. The van der Waals surface area contributed by atoms with E-state index in [1.807, 2.05) is 18.2 Å². The number of benzene rings is 2. The van der Waals surface area contributed by atoms with Crippen molar-refractivity contribution in [1.29, 1.82) is 0 Å². The van der Waals surface area contributed by atoms with Gasteiger partial charge in [0.1, 0.15) is 0 Å². The largest absolute Gasteiger partial charge is 0.476 e. The lowest BCUT2D eigenvalue weighted by Crippen LogP contribution is -2.43. The molecule has 2 heterocycles. The third-order valence-corrected chi connectivity index (χ3v) is 5.11. The van der Waals surface area contributed by atoms with Gasteiger partial charge in [-0.15, -0.1) is 0 Å². The van der Waals surface area contributed by atoms with Crippen molar-refractivity contribution in [3.05, 3.63) is 62.7 Å². The fourth-order valence-corrected chi connectivity index (χ4v) is 3.69. The van der Waals surface area contributed by atoms with Gasteiger partial charge < -0.3 is 18.8 Å². The zero-order valence-electron chi connectivity index (χ0n) is 15.3. The lowest BCUT2D eigenvalue weighted by molar-refractivity contribution is -0.137. The standard InChI is InChI=1S/C21H17Cl2NO5/c22-14-10-15-18(26)21(28-12-17(25)24-6-8-27-9-7-24)19(13-4-2-1-3-5-13)29-20(15)16(23)11-14/h1-5,10-11H,6-9,12H2. The van der Waals surface area contributed by atoms with Gasteiger partial charge in [-0.05, 0) is 12.1 Å². The highest BCUT2D eigenvalue weighted by molar-refractivity contribution is 6.38. The molecule has 1 aromatic heterocycles. The lowest BCUT2D eigenvalue weighted by atomic mass is 10.1. The maximum Gasteiger partial charge on any atom is 0.260 e. The molecule has 1 aliphatic rings. The van der Waals surface area contributed by atoms with E-state index in [0.717, 1.165) is 0 Å². The van der Waals surface area contributed by atoms with Crippen LogP contribution in [0.2, 0.25) is 10.0 Å². The second kappa shape index (κ2) is 8.45. The first-order chi connectivity index (χ1) is 14.0. The van der Waals surface area contributed by atoms with Crippen molar-refractivity contribution in [2.24, 2.45) is 0 Å². The van der Waals surface area contributed by atoms with E-state index in [1.54, 1.807) is 17.0 Å². The van der Waals surface area contributed by atoms with Gasteiger partial charge in [0.15, 0.2) is 18.0 Å². The minimum Gasteiger partial charge on any atom is -0.476 e. The second-order valence-electron chi connectivity index (χ2n) is 6.50. The van der Waals surface area contributed by atoms with E-state index in [1.165, 1.54) is 12.1 Å². The van der Waals surface area contributed by atoms with Gasteiger partial charge in [-0.1, -0.05) is 53.5 Å². The van der Waals surface area contributed by atoms with Crippen LogP contribution in [0.15, 0.2) is 51.7 Å². The summed E-state index contributed by atoms with van der Waals surface area (Å²) in [6.07, 6.45) is 0. The molecule has 0 N–H and O–H groups in total. The summed E-state index contributed by atoms with van der Waals surface area (Å²) in [7, 11) is 0. The Morgan fingerprint density at radius 2 is 1.83 bits per heavy atom. The molecule has 29 heavy (non-hydrogen) atoms. The van der Waals surface area contributed by atoms with E-state index in [9.17, 15) is 9.59 Å². The Morgan fingerprint density at radius 1 is 1.10 bits per heavy atom. The monoisotopic (exact) mass is 433 g/mol. The molecular weight excluding hydrogens is 417 g/mol. The van der Waals surface area contributed by atoms with Gasteiger partial charge in [-0.2, -0.15) is 0 Å². The van der Waals surface area contributed by atoms with Crippen molar-refractivity contribution in [2.75, 3.05) is 32.9 Å². The van der Waals surface area contributed by atoms with E-state index < -0.39 is 5.43 Å². The molecule has 2 aromatic carbocycles. The number of fused-ring (bicyclic) bond motifs is 1. The van der Waals surface area contributed by atoms with Gasteiger partial charge in [0.05, 0.1) is 23.6 Å². The van der Waals surface area contributed by atoms with E-state index in [-0.39, 0.29) is 40.0 Å². The predicted molar refractivity (Wildman–Crippen MR) is 111 cm³/mol. The molecule has 0 unspecified atom stereocenters. The molecule has 1 amide bonds. The first-order valence-corrected chi connectivity index (χ1v) is 9.80. The number of hydrogen-bond acceptors (Lipinski definition) is 5. The van der Waals surface area contributed by atoms with Crippen molar-refractivity contribution >= 4 is 40.1 Å². The fraction of sp³-hybridized carbons (Fsp3) is 0.238. The number of nitrogens with zero attached hydrogens (tertiary/aromatic N) is 1. The third-order valence-electron chi connectivity index (χ3n) is 4.61. The first kappa shape index (κ1) is 19.8. The molecule has 0 aliphatic carbocycles. The van der Waals surface area contributed by atoms with Crippen molar-refractivity contribution in [3.63, 3.8) is 0 Å². The van der Waals surface area contributed by atoms with E-state index in [2.05, 4.69) is 0 Å². The van der Waals surface area contributed by atoms with Crippen LogP contribution in [0.25, 0.3) is 22.3 Å². The Labute approximate surface area is 176 Å². The van der Waals surface area contributed by atoms with E-state index >= 15 is 0 Å². The fourth-order valence-electron chi connectivity index (χ4n) is 3.16. The van der Waals surface area contributed by atoms with Crippen molar-refractivity contribution in [3.8, 4) is 17.1 Å². The number of amides is 1. The van der Waals surface area contributed by atoms with Crippen molar-refractivity contribution < 1.29 is 18.7 Å². The van der Waals surface area contributed by atoms with Crippen LogP contribution in [-0.4, -0.2) is 43.7 Å². The number of ether oxygens (including phenoxy) is 2. The number of morpholine rings is 1. The summed E-state index contributed by atoms with van der Waals surface area (Å²) in [5, 5.41) is 0.714. The molecule has 1 saturated heterocycles. The van der Waals surface area contributed by atoms with Gasteiger partial charge in [0.2, 0.25) is 11.2 Å². The van der Waals surface area contributed by atoms with E-state index in [4.69, 9.17) is 37.1 Å². The van der Waals surface area contributed by atoms with Crippen molar-refractivity contribution in [1.82, 2.24) is 4.90 Å². The average molecular weight is 434 g/mol. The van der Waals surface area contributed by atoms with Crippen molar-refractivity contribution in [2.45, 2.75) is 0 Å². The van der Waals surface area contributed by atoms with Crippen LogP contribution in [0.4, 0.5) is 0 Å². The zero-order chi connectivity index (χ0) is 20.4. The summed E-state index contributed by atoms with van der Waals surface area (Å²) in [6.45, 7) is 1.66. The molecule has 150 valence electrons. The minimum absolute atomic E-state index is 0.0522. The van der Waals surface area contributed by atoms with Crippen LogP contribution in [0.5, 0.6) is 5.75 Å². The highest BCUT2D eigenvalue weighted by atomic mass is 35.5. The number of hydrogen-bond donors (Lipinski definition) is 0. The molecule has 0 spiro atoms. The molecule has 3 aromatic rings. The summed E-state index contributed by atoms with van der Waals surface area (Å²) in [4.78, 5) is 27.3. The quantitative estimate of drug-likeness (QED) is 0.621. The van der Waals surface area contributed by atoms with Crippen LogP contribution in [0, 0.1) is 0 Å². The van der Waals surface area contributed by atoms with Crippen LogP contribution in [0.1, 0.15) is 0 Å². The highest BCUT2D eigenvalue weighted by Crippen LogP contribution is 2.34. The summed E-state index contributed by atoms with van der Waals surface area (Å²) in [5.74, 6) is -0.0679. The number of carbonyl (C=O) groups is 1. The SMILES string of the molecule is O=C(COc1c(-c2ccccc2)oc2c(Cl)cc(Cl)cc2c1=O)N1CCOCC1. The first-order valence-electron chi connectivity index (χ1n) is 9.04. The molecule has 0 radical (unpaired) electrons. The molecule has 1 fully saturated rings. The summed E-state index contributed by atoms with van der Waals surface area (Å²) in [5.41, 5.74) is 0.405. The predicted octanol–water partition coefficient (Wildman–Crippen LogP) is 4.00. The van der Waals surface area contributed by atoms with Crippen LogP contribution in [0.3, 0.4) is 0 Å². The molecule has 4 rings (SSSR count). The van der Waals surface area contributed by atoms with Gasteiger partial charge >= 0.3 is 0 Å². The van der Waals surface area contributed by atoms with Gasteiger partial charge in [0, 0.05) is 23.7 Å². The Kier molecular flexibility index (Phi) is 5.76. The molecule has 6 nitrogen and oxygen atoms in total. The molecule has 0 atom stereocenters. The summed E-state index contributed by atoms with van der Waals surface area (Å²) in [6, 6.07) is 12.0. The van der Waals surface area contributed by atoms with Crippen LogP contribution < -0.4 is 10.2 Å². The summed E-state index contributed by atoms with van der Waals surface area (Å²) >= 11 is 12.3. The Hall–Kier alpha value is -2.54. The number of carbonyl (C=O) groups excluding carboxylic acids is 1. The topological polar surface area (TPSA) is 69.0 Å². The van der Waals surface area contributed by atoms with E-state index in [0.29, 0.717) is 36.9 Å². The molecule has 8 heteroatoms.